The van der Waals surface area contributed by atoms with Gasteiger partial charge in [-0.2, -0.15) is 0 Å². The van der Waals surface area contributed by atoms with Crippen LogP contribution in [0.15, 0.2) is 34.0 Å². The predicted octanol–water partition coefficient (Wildman–Crippen LogP) is 5.78. The highest BCUT2D eigenvalue weighted by Gasteiger charge is 2.24. The van der Waals surface area contributed by atoms with Crippen LogP contribution < -0.4 is 5.56 Å². The van der Waals surface area contributed by atoms with Gasteiger partial charge in [0.15, 0.2) is 0 Å². The van der Waals surface area contributed by atoms with E-state index >= 15 is 0 Å². The highest BCUT2D eigenvalue weighted by Crippen LogP contribution is 2.35. The van der Waals surface area contributed by atoms with Crippen molar-refractivity contribution in [1.82, 2.24) is 9.55 Å². The second-order valence-electron chi connectivity index (χ2n) is 7.68. The summed E-state index contributed by atoms with van der Waals surface area (Å²) in [5.41, 5.74) is 3.85. The van der Waals surface area contributed by atoms with Crippen molar-refractivity contribution in [3.05, 3.63) is 56.4 Å². The molecule has 0 amide bonds. The lowest BCUT2D eigenvalue weighted by molar-refractivity contribution is 0.613. The lowest BCUT2D eigenvalue weighted by Crippen LogP contribution is -2.24. The maximum absolute atomic E-state index is 13.4. The van der Waals surface area contributed by atoms with Crippen LogP contribution in [0.4, 0.5) is 0 Å². The van der Waals surface area contributed by atoms with Gasteiger partial charge in [0.2, 0.25) is 0 Å². The molecule has 0 spiro atoms. The minimum absolute atomic E-state index is 0.185. The van der Waals surface area contributed by atoms with Crippen molar-refractivity contribution < 1.29 is 0 Å². The molecule has 5 heteroatoms. The summed E-state index contributed by atoms with van der Waals surface area (Å²) >= 11 is 3.51. The fourth-order valence-corrected chi connectivity index (χ4v) is 6.09. The number of rotatable bonds is 2. The number of aromatic nitrogens is 2. The summed E-state index contributed by atoms with van der Waals surface area (Å²) in [5, 5.41) is 0.911. The molecule has 0 fully saturated rings. The maximum atomic E-state index is 13.4. The van der Waals surface area contributed by atoms with E-state index in [-0.39, 0.29) is 5.56 Å². The molecule has 1 aromatic carbocycles. The van der Waals surface area contributed by atoms with E-state index in [0.717, 1.165) is 54.7 Å². The van der Waals surface area contributed by atoms with Crippen LogP contribution in [0.1, 0.15) is 53.9 Å². The first-order valence-electron chi connectivity index (χ1n) is 10.1. The van der Waals surface area contributed by atoms with Crippen LogP contribution in [0.25, 0.3) is 21.9 Å². The van der Waals surface area contributed by atoms with Crippen molar-refractivity contribution in [3.8, 4) is 0 Å². The number of aryl methyl sites for hydroxylation is 2. The van der Waals surface area contributed by atoms with E-state index in [1.807, 2.05) is 4.57 Å². The summed E-state index contributed by atoms with van der Waals surface area (Å²) in [6.45, 7) is 0.782. The Hall–Kier alpha value is -1.85. The van der Waals surface area contributed by atoms with Crippen molar-refractivity contribution in [2.75, 3.05) is 6.26 Å². The molecule has 0 saturated heterocycles. The predicted molar refractivity (Wildman–Crippen MR) is 120 cm³/mol. The Balaban J connectivity index is 1.67. The Morgan fingerprint density at radius 1 is 1.07 bits per heavy atom. The summed E-state index contributed by atoms with van der Waals surface area (Å²) in [7, 11) is 0. The van der Waals surface area contributed by atoms with Crippen molar-refractivity contribution in [2.45, 2.75) is 56.4 Å². The number of nitrogens with zero attached hydrogens (tertiary/aromatic N) is 2. The van der Waals surface area contributed by atoms with Gasteiger partial charge in [0.05, 0.1) is 5.39 Å². The molecule has 3 nitrogen and oxygen atoms in total. The van der Waals surface area contributed by atoms with Crippen molar-refractivity contribution in [2.24, 2.45) is 0 Å². The van der Waals surface area contributed by atoms with E-state index < -0.39 is 0 Å². The molecular formula is C23H24N2OS2. The summed E-state index contributed by atoms with van der Waals surface area (Å²) < 4.78 is 1.96. The molecule has 0 N–H and O–H groups in total. The van der Waals surface area contributed by atoms with Gasteiger partial charge in [-0.3, -0.25) is 9.36 Å². The van der Waals surface area contributed by atoms with Gasteiger partial charge in [-0.1, -0.05) is 12.1 Å². The molecule has 3 heterocycles. The number of benzene rings is 1. The minimum atomic E-state index is 0.185. The number of hydrogen-bond donors (Lipinski definition) is 0. The largest absolute Gasteiger partial charge is 0.292 e. The van der Waals surface area contributed by atoms with Gasteiger partial charge in [0.25, 0.3) is 5.56 Å². The Labute approximate surface area is 173 Å². The highest BCUT2D eigenvalue weighted by molar-refractivity contribution is 7.98. The molecule has 0 atom stereocenters. The smallest absolute Gasteiger partial charge is 0.262 e. The topological polar surface area (TPSA) is 34.9 Å². The van der Waals surface area contributed by atoms with Gasteiger partial charge in [-0.15, -0.1) is 23.1 Å². The van der Waals surface area contributed by atoms with E-state index in [4.69, 9.17) is 4.98 Å². The third kappa shape index (κ3) is 3.15. The van der Waals surface area contributed by atoms with Gasteiger partial charge in [-0.05, 0) is 86.1 Å². The lowest BCUT2D eigenvalue weighted by atomic mass is 9.97. The molecule has 0 unspecified atom stereocenters. The number of allylic oxidation sites excluding steroid dienone is 1. The van der Waals surface area contributed by atoms with Crippen LogP contribution in [0.5, 0.6) is 0 Å². The Morgan fingerprint density at radius 2 is 1.86 bits per heavy atom. The third-order valence-corrected chi connectivity index (χ3v) is 7.83. The Bertz CT molecular complexity index is 1120. The van der Waals surface area contributed by atoms with Crippen LogP contribution in [-0.2, 0) is 19.4 Å². The molecule has 0 bridgehead atoms. The Kier molecular flexibility index (Phi) is 4.89. The van der Waals surface area contributed by atoms with Crippen molar-refractivity contribution in [1.29, 1.82) is 0 Å². The number of fused-ring (bicyclic) bond motifs is 4. The second-order valence-corrected chi connectivity index (χ2v) is 9.65. The molecule has 3 aromatic rings. The van der Waals surface area contributed by atoms with Gasteiger partial charge in [-0.25, -0.2) is 4.98 Å². The maximum Gasteiger partial charge on any atom is 0.262 e. The van der Waals surface area contributed by atoms with E-state index in [0.29, 0.717) is 0 Å². The first-order chi connectivity index (χ1) is 13.7. The second kappa shape index (κ2) is 7.53. The van der Waals surface area contributed by atoms with Gasteiger partial charge in [0.1, 0.15) is 10.7 Å². The van der Waals surface area contributed by atoms with Crippen LogP contribution in [0, 0.1) is 0 Å². The van der Waals surface area contributed by atoms with E-state index in [2.05, 4.69) is 36.6 Å². The normalized spacial score (nSPS) is 18.1. The molecule has 0 radical (unpaired) electrons. The van der Waals surface area contributed by atoms with Crippen LogP contribution in [0.2, 0.25) is 0 Å². The quantitative estimate of drug-likeness (QED) is 0.504. The third-order valence-electron chi connectivity index (χ3n) is 5.90. The number of thioether (sulfide) groups is 1. The molecule has 1 aliphatic carbocycles. The SMILES string of the molecule is CSc1ccc(/C=C2/CCCCn3c2nc2sc4c(c2c3=O)CCCC4)cc1. The fraction of sp³-hybridized carbons (Fsp3) is 0.391. The standard InChI is InChI=1S/C23H24N2OS2/c1-27-17-11-9-15(10-12-17)14-16-6-4-5-13-25-21(16)24-22-20(23(25)26)18-7-2-3-8-19(18)28-22/h9-12,14H,2-8,13H2,1H3/b16-14-. The summed E-state index contributed by atoms with van der Waals surface area (Å²) in [4.78, 5) is 22.1. The van der Waals surface area contributed by atoms with Gasteiger partial charge < -0.3 is 0 Å². The van der Waals surface area contributed by atoms with Crippen LogP contribution >= 0.6 is 23.1 Å². The minimum Gasteiger partial charge on any atom is -0.292 e. The average Bonchev–Trinajstić information content (AvgIpc) is 2.98. The molecule has 1 aliphatic heterocycles. The van der Waals surface area contributed by atoms with Crippen LogP contribution in [-0.4, -0.2) is 15.8 Å². The van der Waals surface area contributed by atoms with E-state index in [1.54, 1.807) is 23.1 Å². The van der Waals surface area contributed by atoms with Crippen molar-refractivity contribution in [3.63, 3.8) is 0 Å². The first kappa shape index (κ1) is 18.2. The monoisotopic (exact) mass is 408 g/mol. The zero-order valence-corrected chi connectivity index (χ0v) is 17.8. The molecule has 2 aliphatic rings. The van der Waals surface area contributed by atoms with Crippen LogP contribution in [0.3, 0.4) is 0 Å². The highest BCUT2D eigenvalue weighted by atomic mass is 32.2. The molecule has 144 valence electrons. The number of thiophene rings is 1. The molecular weight excluding hydrogens is 384 g/mol. The Morgan fingerprint density at radius 3 is 2.68 bits per heavy atom. The molecule has 28 heavy (non-hydrogen) atoms. The summed E-state index contributed by atoms with van der Waals surface area (Å²) in [6.07, 6.45) is 12.0. The first-order valence-corrected chi connectivity index (χ1v) is 12.2. The molecule has 2 aromatic heterocycles. The summed E-state index contributed by atoms with van der Waals surface area (Å²) in [5.74, 6) is 0.891. The lowest BCUT2D eigenvalue weighted by Gasteiger charge is -2.13. The number of hydrogen-bond acceptors (Lipinski definition) is 4. The van der Waals surface area contributed by atoms with E-state index in [9.17, 15) is 4.79 Å². The van der Waals surface area contributed by atoms with Crippen molar-refractivity contribution >= 4 is 45.0 Å². The summed E-state index contributed by atoms with van der Waals surface area (Å²) in [6, 6.07) is 8.64. The fourth-order valence-electron chi connectivity index (χ4n) is 4.43. The average molecular weight is 409 g/mol. The molecule has 0 saturated carbocycles. The van der Waals surface area contributed by atoms with Gasteiger partial charge in [0, 0.05) is 16.3 Å². The molecule has 5 rings (SSSR count). The van der Waals surface area contributed by atoms with Gasteiger partial charge >= 0.3 is 0 Å². The zero-order valence-electron chi connectivity index (χ0n) is 16.2. The van der Waals surface area contributed by atoms with E-state index in [1.165, 1.54) is 39.3 Å². The zero-order chi connectivity index (χ0) is 19.1.